The van der Waals surface area contributed by atoms with Gasteiger partial charge < -0.3 is 5.32 Å². The zero-order valence-electron chi connectivity index (χ0n) is 17.3. The summed E-state index contributed by atoms with van der Waals surface area (Å²) in [7, 11) is 0. The van der Waals surface area contributed by atoms with Crippen LogP contribution in [0.2, 0.25) is 10.0 Å². The molecule has 1 N–H and O–H groups in total. The number of hydrogen-bond donors (Lipinski definition) is 1. The second kappa shape index (κ2) is 10.8. The molecule has 0 aliphatic carbocycles. The molecule has 170 valence electrons. The van der Waals surface area contributed by atoms with E-state index in [1.807, 2.05) is 0 Å². The van der Waals surface area contributed by atoms with Gasteiger partial charge in [0.15, 0.2) is 11.6 Å². The van der Waals surface area contributed by atoms with Crippen molar-refractivity contribution in [2.75, 3.05) is 6.54 Å². The molecule has 4 nitrogen and oxygen atoms in total. The third-order valence-corrected chi connectivity index (χ3v) is 4.98. The van der Waals surface area contributed by atoms with Gasteiger partial charge in [0.1, 0.15) is 6.54 Å². The monoisotopic (exact) mass is 485 g/mol. The zero-order valence-corrected chi connectivity index (χ0v) is 18.8. The lowest BCUT2D eigenvalue weighted by Crippen LogP contribution is -2.33. The second-order valence-electron chi connectivity index (χ2n) is 7.19. The number of ketones is 2. The molecule has 1 amide bonds. The number of carbonyl (C=O) groups is 3. The summed E-state index contributed by atoms with van der Waals surface area (Å²) in [4.78, 5) is 36.5. The molecule has 32 heavy (non-hydrogen) atoms. The van der Waals surface area contributed by atoms with Crippen LogP contribution < -0.4 is 5.32 Å². The molecule has 0 saturated heterocycles. The molecular formula is C23H20Cl2F3NO3. The number of halogens is 5. The molecule has 0 radical (unpaired) electrons. The maximum atomic E-state index is 12.6. The summed E-state index contributed by atoms with van der Waals surface area (Å²) in [5.74, 6) is -1.54. The van der Waals surface area contributed by atoms with Crippen LogP contribution in [0.15, 0.2) is 42.5 Å². The predicted molar refractivity (Wildman–Crippen MR) is 118 cm³/mol. The highest BCUT2D eigenvalue weighted by molar-refractivity contribution is 6.34. The summed E-state index contributed by atoms with van der Waals surface area (Å²) < 4.78 is 36.4. The van der Waals surface area contributed by atoms with Gasteiger partial charge in [0.25, 0.3) is 0 Å². The van der Waals surface area contributed by atoms with E-state index in [1.54, 1.807) is 43.4 Å². The highest BCUT2D eigenvalue weighted by Gasteiger charge is 2.27. The van der Waals surface area contributed by atoms with Crippen LogP contribution in [0.5, 0.6) is 0 Å². The second-order valence-corrected chi connectivity index (χ2v) is 8.07. The summed E-state index contributed by atoms with van der Waals surface area (Å²) in [6, 6.07) is 9.46. The Kier molecular flexibility index (Phi) is 8.64. The van der Waals surface area contributed by atoms with E-state index in [9.17, 15) is 27.6 Å². The molecule has 0 bridgehead atoms. The topological polar surface area (TPSA) is 63.2 Å². The fraction of sp³-hybridized carbons (Fsp3) is 0.261. The Hall–Kier alpha value is -2.64. The van der Waals surface area contributed by atoms with Crippen LogP contribution in [0, 0.1) is 6.92 Å². The Morgan fingerprint density at radius 2 is 1.59 bits per heavy atom. The number of carbonyl (C=O) groups excluding carboxylic acids is 3. The van der Waals surface area contributed by atoms with Gasteiger partial charge in [-0.15, -0.1) is 0 Å². The summed E-state index contributed by atoms with van der Waals surface area (Å²) >= 11 is 12.0. The molecule has 2 rings (SSSR count). The molecule has 0 heterocycles. The molecule has 2 aromatic carbocycles. The first kappa shape index (κ1) is 25.6. The quantitative estimate of drug-likeness (QED) is 0.356. The van der Waals surface area contributed by atoms with E-state index >= 15 is 0 Å². The minimum atomic E-state index is -4.51. The molecule has 0 fully saturated rings. The third-order valence-electron chi connectivity index (χ3n) is 4.54. The van der Waals surface area contributed by atoms with Crippen molar-refractivity contribution in [3.8, 4) is 0 Å². The van der Waals surface area contributed by atoms with Crippen molar-refractivity contribution < 1.29 is 27.6 Å². The van der Waals surface area contributed by atoms with Gasteiger partial charge in [0.05, 0.1) is 0 Å². The lowest BCUT2D eigenvalue weighted by atomic mass is 9.96. The van der Waals surface area contributed by atoms with E-state index < -0.39 is 24.4 Å². The molecule has 0 spiro atoms. The maximum Gasteiger partial charge on any atom is 0.405 e. The van der Waals surface area contributed by atoms with Gasteiger partial charge in [-0.2, -0.15) is 13.2 Å². The first-order valence-corrected chi connectivity index (χ1v) is 10.3. The molecule has 0 saturated carbocycles. The Morgan fingerprint density at radius 3 is 2.16 bits per heavy atom. The lowest BCUT2D eigenvalue weighted by molar-refractivity contribution is -0.138. The van der Waals surface area contributed by atoms with Crippen LogP contribution in [0.1, 0.15) is 51.6 Å². The molecule has 2 aromatic rings. The highest BCUT2D eigenvalue weighted by Crippen LogP contribution is 2.25. The average Bonchev–Trinajstić information content (AvgIpc) is 2.69. The molecule has 0 unspecified atom stereocenters. The third kappa shape index (κ3) is 7.80. The van der Waals surface area contributed by atoms with Crippen LogP contribution in [0.3, 0.4) is 0 Å². The van der Waals surface area contributed by atoms with E-state index in [0.29, 0.717) is 37.9 Å². The van der Waals surface area contributed by atoms with E-state index in [-0.39, 0.29) is 18.6 Å². The number of hydrogen-bond acceptors (Lipinski definition) is 3. The number of Topliss-reactive ketones (excluding diaryl/α,β-unsaturated/α-hetero) is 1. The fourth-order valence-electron chi connectivity index (χ4n) is 2.92. The summed E-state index contributed by atoms with van der Waals surface area (Å²) in [5.41, 5.74) is 2.53. The van der Waals surface area contributed by atoms with Crippen LogP contribution >= 0.6 is 23.2 Å². The van der Waals surface area contributed by atoms with Crippen molar-refractivity contribution in [2.45, 2.75) is 32.9 Å². The minimum absolute atomic E-state index is 0.244. The van der Waals surface area contributed by atoms with Crippen molar-refractivity contribution in [2.24, 2.45) is 0 Å². The molecule has 0 aliphatic rings. The zero-order chi connectivity index (χ0) is 24.1. The van der Waals surface area contributed by atoms with Gasteiger partial charge in [0, 0.05) is 34.0 Å². The van der Waals surface area contributed by atoms with E-state index in [4.69, 9.17) is 23.2 Å². The normalized spacial score (nSPS) is 11.9. The standard InChI is InChI=1S/C23H20Cl2F3NO3/c1-13(16-9-17(24)11-18(25)10-16)8-21(31)15-3-4-19(14(2)7-15)20(30)5-6-22(32)29-12-23(26,27)28/h3-4,7-11H,5-6,12H2,1-2H3,(H,29,32). The first-order valence-electron chi connectivity index (χ1n) is 9.52. The van der Waals surface area contributed by atoms with Gasteiger partial charge in [0.2, 0.25) is 5.91 Å². The predicted octanol–water partition coefficient (Wildman–Crippen LogP) is 6.23. The van der Waals surface area contributed by atoms with E-state index in [2.05, 4.69) is 0 Å². The van der Waals surface area contributed by atoms with Crippen molar-refractivity contribution in [3.05, 3.63) is 74.8 Å². The summed E-state index contributed by atoms with van der Waals surface area (Å²) in [5, 5.41) is 2.61. The van der Waals surface area contributed by atoms with Gasteiger partial charge >= 0.3 is 6.18 Å². The number of rotatable bonds is 8. The molecule has 0 aliphatic heterocycles. The summed E-state index contributed by atoms with van der Waals surface area (Å²) in [6.07, 6.45) is -3.68. The van der Waals surface area contributed by atoms with Crippen molar-refractivity contribution >= 4 is 46.2 Å². The highest BCUT2D eigenvalue weighted by atomic mass is 35.5. The number of amides is 1. The Balaban J connectivity index is 2.06. The van der Waals surface area contributed by atoms with Gasteiger partial charge in [-0.3, -0.25) is 14.4 Å². The van der Waals surface area contributed by atoms with Crippen LogP contribution in [0.4, 0.5) is 13.2 Å². The van der Waals surface area contributed by atoms with E-state index in [0.717, 1.165) is 0 Å². The van der Waals surface area contributed by atoms with Crippen molar-refractivity contribution in [1.29, 1.82) is 0 Å². The van der Waals surface area contributed by atoms with Crippen molar-refractivity contribution in [1.82, 2.24) is 5.32 Å². The minimum Gasteiger partial charge on any atom is -0.347 e. The number of nitrogens with one attached hydrogen (secondary N) is 1. The number of aryl methyl sites for hydroxylation is 1. The van der Waals surface area contributed by atoms with Crippen LogP contribution in [0.25, 0.3) is 5.57 Å². The van der Waals surface area contributed by atoms with Gasteiger partial charge in [-0.1, -0.05) is 35.3 Å². The Bertz CT molecular complexity index is 1060. The first-order chi connectivity index (χ1) is 14.9. The smallest absolute Gasteiger partial charge is 0.347 e. The Morgan fingerprint density at radius 1 is 0.969 bits per heavy atom. The number of benzene rings is 2. The van der Waals surface area contributed by atoms with Crippen molar-refractivity contribution in [3.63, 3.8) is 0 Å². The van der Waals surface area contributed by atoms with Gasteiger partial charge in [-0.05, 0) is 60.9 Å². The van der Waals surface area contributed by atoms with Crippen LogP contribution in [-0.2, 0) is 4.79 Å². The average molecular weight is 486 g/mol. The maximum absolute atomic E-state index is 12.6. The fourth-order valence-corrected chi connectivity index (χ4v) is 3.45. The SMILES string of the molecule is CC(=CC(=O)c1ccc(C(=O)CCC(=O)NCC(F)(F)F)c(C)c1)c1cc(Cl)cc(Cl)c1. The molecular weight excluding hydrogens is 466 g/mol. The Labute approximate surface area is 193 Å². The van der Waals surface area contributed by atoms with Crippen LogP contribution in [-0.4, -0.2) is 30.2 Å². The van der Waals surface area contributed by atoms with Gasteiger partial charge in [-0.25, -0.2) is 0 Å². The molecule has 0 atom stereocenters. The number of allylic oxidation sites excluding steroid dienone is 2. The lowest BCUT2D eigenvalue weighted by Gasteiger charge is -2.09. The molecule has 9 heteroatoms. The van der Waals surface area contributed by atoms with E-state index in [1.165, 1.54) is 18.2 Å². The molecule has 0 aromatic heterocycles. The number of alkyl halides is 3. The summed E-state index contributed by atoms with van der Waals surface area (Å²) in [6.45, 7) is 1.94. The largest absolute Gasteiger partial charge is 0.405 e.